The summed E-state index contributed by atoms with van der Waals surface area (Å²) in [7, 11) is -1.55. The Bertz CT molecular complexity index is 49.7. The van der Waals surface area contributed by atoms with Crippen LogP contribution in [0, 0.1) is 0 Å². The second-order valence-corrected chi connectivity index (χ2v) is 14.5. The van der Waals surface area contributed by atoms with E-state index < -0.39 is 15.5 Å². The van der Waals surface area contributed by atoms with E-state index in [1.165, 1.54) is 0 Å². The summed E-state index contributed by atoms with van der Waals surface area (Å²) in [5.74, 6) is 0. The molecule has 9 heavy (non-hydrogen) atoms. The number of rotatable bonds is 0. The van der Waals surface area contributed by atoms with Gasteiger partial charge in [-0.15, -0.1) is 0 Å². The van der Waals surface area contributed by atoms with Crippen LogP contribution in [0.15, 0.2) is 0 Å². The van der Waals surface area contributed by atoms with Gasteiger partial charge >= 0.3 is 0 Å². The van der Waals surface area contributed by atoms with Gasteiger partial charge < -0.3 is 0 Å². The topological polar surface area (TPSA) is 0 Å². The Morgan fingerprint density at radius 2 is 1.11 bits per heavy atom. The molecule has 1 radical (unpaired) electrons. The maximum atomic E-state index is 5.67. The van der Waals surface area contributed by atoms with Crippen LogP contribution in [-0.2, 0) is 0 Å². The van der Waals surface area contributed by atoms with Crippen LogP contribution in [0.1, 0.15) is 0 Å². The van der Waals surface area contributed by atoms with Gasteiger partial charge in [0.05, 0.1) is 0 Å². The van der Waals surface area contributed by atoms with Crippen LogP contribution in [0.4, 0.5) is 0 Å². The van der Waals surface area contributed by atoms with Crippen LogP contribution in [0.2, 0.25) is 32.7 Å². The lowest BCUT2D eigenvalue weighted by Gasteiger charge is -1.97. The Balaban J connectivity index is 0. The standard InChI is InChI=1S/C3H9ClSi.C2H6ClSi/c1-5(2,3)4;1-4(2)3/h1-3H3;1-2H3. The highest BCUT2D eigenvalue weighted by molar-refractivity contribution is 7.18. The molecule has 0 aliphatic heterocycles. The normalized spacial score (nSPS) is 10.7. The Morgan fingerprint density at radius 3 is 1.11 bits per heavy atom. The highest BCUT2D eigenvalue weighted by Gasteiger charge is 2.04. The summed E-state index contributed by atoms with van der Waals surface area (Å²) in [4.78, 5) is 0. The van der Waals surface area contributed by atoms with Crippen LogP contribution in [0.3, 0.4) is 0 Å². The van der Waals surface area contributed by atoms with E-state index in [1.807, 2.05) is 13.1 Å². The van der Waals surface area contributed by atoms with E-state index >= 15 is 0 Å². The van der Waals surface area contributed by atoms with Crippen molar-refractivity contribution in [1.29, 1.82) is 0 Å². The van der Waals surface area contributed by atoms with Crippen LogP contribution in [-0.4, -0.2) is 15.5 Å². The first-order valence-electron chi connectivity index (χ1n) is 2.88. The van der Waals surface area contributed by atoms with Crippen molar-refractivity contribution in [2.24, 2.45) is 0 Å². The first-order valence-corrected chi connectivity index (χ1v) is 10.9. The molecule has 0 N–H and O–H groups in total. The highest BCUT2D eigenvalue weighted by Crippen LogP contribution is 2.03. The molecule has 0 aromatic heterocycles. The molecule has 0 nitrogen and oxygen atoms in total. The monoisotopic (exact) mass is 201 g/mol. The minimum atomic E-state index is -1.14. The van der Waals surface area contributed by atoms with E-state index in [4.69, 9.17) is 22.2 Å². The van der Waals surface area contributed by atoms with E-state index in [2.05, 4.69) is 19.6 Å². The van der Waals surface area contributed by atoms with Crippen LogP contribution in [0.25, 0.3) is 0 Å². The van der Waals surface area contributed by atoms with E-state index in [0.29, 0.717) is 0 Å². The van der Waals surface area contributed by atoms with Gasteiger partial charge in [-0.3, -0.25) is 0 Å². The maximum absolute atomic E-state index is 5.67. The minimum absolute atomic E-state index is 0.407. The van der Waals surface area contributed by atoms with E-state index in [-0.39, 0.29) is 0 Å². The zero-order valence-corrected chi connectivity index (χ0v) is 10.3. The van der Waals surface area contributed by atoms with Crippen molar-refractivity contribution in [2.45, 2.75) is 32.7 Å². The second kappa shape index (κ2) is 5.77. The lowest BCUT2D eigenvalue weighted by molar-refractivity contribution is 1.87. The molecule has 0 spiro atoms. The molecule has 0 heterocycles. The summed E-state index contributed by atoms with van der Waals surface area (Å²) in [6.45, 7) is 10.3. The fourth-order valence-corrected chi connectivity index (χ4v) is 0. The third-order valence-electron chi connectivity index (χ3n) is 0. The highest BCUT2D eigenvalue weighted by atomic mass is 35.6. The summed E-state index contributed by atoms with van der Waals surface area (Å²) < 4.78 is 0. The molecule has 0 fully saturated rings. The molecule has 0 aliphatic rings. The van der Waals surface area contributed by atoms with Gasteiger partial charge in [-0.05, 0) is 0 Å². The molecule has 0 aliphatic carbocycles. The van der Waals surface area contributed by atoms with Crippen molar-refractivity contribution in [3.63, 3.8) is 0 Å². The summed E-state index contributed by atoms with van der Waals surface area (Å²) in [5.41, 5.74) is 0. The van der Waals surface area contributed by atoms with Gasteiger partial charge in [0.15, 0.2) is 8.11 Å². The predicted molar refractivity (Wildman–Crippen MR) is 52.5 cm³/mol. The molecule has 0 atom stereocenters. The molecule has 0 saturated carbocycles. The second-order valence-electron chi connectivity index (χ2n) is 2.94. The average Bonchev–Trinajstić information content (AvgIpc) is 1.19. The first-order chi connectivity index (χ1) is 3.73. The number of hydrogen-bond acceptors (Lipinski definition) is 0. The van der Waals surface area contributed by atoms with Gasteiger partial charge in [-0.1, -0.05) is 32.7 Å². The summed E-state index contributed by atoms with van der Waals surface area (Å²) >= 11 is 11.0. The third kappa shape index (κ3) is 431. The van der Waals surface area contributed by atoms with Crippen LogP contribution in [0.5, 0.6) is 0 Å². The van der Waals surface area contributed by atoms with Crippen molar-refractivity contribution in [1.82, 2.24) is 0 Å². The summed E-state index contributed by atoms with van der Waals surface area (Å²) in [6.07, 6.45) is 0. The molecule has 0 aromatic carbocycles. The Hall–Kier alpha value is 1.01. The molecule has 0 aromatic rings. The van der Waals surface area contributed by atoms with Gasteiger partial charge in [-0.25, -0.2) is 0 Å². The molecule has 0 saturated heterocycles. The zero-order valence-electron chi connectivity index (χ0n) is 6.76. The minimum Gasteiger partial charge on any atom is -0.170 e. The molecular formula is C5H15Cl2Si2. The van der Waals surface area contributed by atoms with E-state index in [9.17, 15) is 0 Å². The number of halogens is 2. The van der Waals surface area contributed by atoms with Crippen molar-refractivity contribution < 1.29 is 0 Å². The summed E-state index contributed by atoms with van der Waals surface area (Å²) in [6, 6.07) is 0. The zero-order chi connectivity index (χ0) is 8.08. The van der Waals surface area contributed by atoms with Crippen LogP contribution >= 0.6 is 22.2 Å². The molecular weight excluding hydrogens is 187 g/mol. The van der Waals surface area contributed by atoms with Gasteiger partial charge in [0, 0.05) is 0 Å². The molecule has 57 valence electrons. The smallest absolute Gasteiger partial charge is 0.158 e. The maximum Gasteiger partial charge on any atom is 0.158 e. The molecule has 4 heteroatoms. The van der Waals surface area contributed by atoms with Gasteiger partial charge in [0.2, 0.25) is 0 Å². The van der Waals surface area contributed by atoms with Crippen molar-refractivity contribution in [3.05, 3.63) is 0 Å². The fourth-order valence-electron chi connectivity index (χ4n) is 0. The SMILES string of the molecule is C[Si](C)(C)Cl.C[Si](C)Cl. The van der Waals surface area contributed by atoms with Crippen molar-refractivity contribution in [2.75, 3.05) is 0 Å². The lowest BCUT2D eigenvalue weighted by atomic mass is 11.8. The fraction of sp³-hybridized carbons (Fsp3) is 1.00. The van der Waals surface area contributed by atoms with E-state index in [1.54, 1.807) is 0 Å². The van der Waals surface area contributed by atoms with Gasteiger partial charge in [0.25, 0.3) is 0 Å². The Kier molecular flexibility index (Phi) is 8.13. The van der Waals surface area contributed by atoms with Gasteiger partial charge in [0.1, 0.15) is 7.38 Å². The van der Waals surface area contributed by atoms with Crippen molar-refractivity contribution in [3.8, 4) is 0 Å². The Labute approximate surface area is 70.6 Å². The third-order valence-corrected chi connectivity index (χ3v) is 0. The number of hydrogen-bond donors (Lipinski definition) is 0. The van der Waals surface area contributed by atoms with Crippen molar-refractivity contribution >= 4 is 37.6 Å². The summed E-state index contributed by atoms with van der Waals surface area (Å²) in [5, 5.41) is 0. The molecule has 0 amide bonds. The van der Waals surface area contributed by atoms with Gasteiger partial charge in [-0.2, -0.15) is 22.2 Å². The molecule has 0 bridgehead atoms. The Morgan fingerprint density at radius 1 is 1.11 bits per heavy atom. The largest absolute Gasteiger partial charge is 0.170 e. The van der Waals surface area contributed by atoms with Crippen LogP contribution < -0.4 is 0 Å². The average molecular weight is 202 g/mol. The van der Waals surface area contributed by atoms with E-state index in [0.717, 1.165) is 0 Å². The molecule has 0 rings (SSSR count). The predicted octanol–water partition coefficient (Wildman–Crippen LogP) is 3.54. The lowest BCUT2D eigenvalue weighted by Crippen LogP contribution is -2.06. The molecule has 0 unspecified atom stereocenters. The quantitative estimate of drug-likeness (QED) is 0.416. The first kappa shape index (κ1) is 12.7.